The molecule has 0 fully saturated rings. The molecule has 0 amide bonds. The van der Waals surface area contributed by atoms with Crippen molar-refractivity contribution < 1.29 is 17.7 Å². The first-order valence-corrected chi connectivity index (χ1v) is 11.5. The maximum Gasteiger partial charge on any atom is 0.324 e. The molecule has 0 aromatic rings. The van der Waals surface area contributed by atoms with E-state index in [4.69, 9.17) is 17.7 Å². The average Bonchev–Trinajstić information content (AvgIpc) is 2.47. The minimum Gasteiger partial charge on any atom is -0.400 e. The Morgan fingerprint density at radius 2 is 1.23 bits per heavy atom. The lowest BCUT2D eigenvalue weighted by atomic mass is 9.93. The fourth-order valence-corrected chi connectivity index (χ4v) is 5.59. The predicted octanol–water partition coefficient (Wildman–Crippen LogP) is 4.02. The molecule has 0 N–H and O–H groups in total. The van der Waals surface area contributed by atoms with E-state index >= 15 is 0 Å². The van der Waals surface area contributed by atoms with Crippen LogP contribution in [-0.2, 0) is 17.7 Å². The van der Waals surface area contributed by atoms with Crippen molar-refractivity contribution in [3.8, 4) is 0 Å². The summed E-state index contributed by atoms with van der Waals surface area (Å²) < 4.78 is 21.2. The summed E-state index contributed by atoms with van der Waals surface area (Å²) in [6, 6.07) is 0. The zero-order chi connectivity index (χ0) is 17.8. The summed E-state index contributed by atoms with van der Waals surface area (Å²) in [6.07, 6.45) is 3.80. The van der Waals surface area contributed by atoms with E-state index in [2.05, 4.69) is 41.5 Å². The van der Waals surface area contributed by atoms with Gasteiger partial charge in [0.1, 0.15) is 0 Å². The van der Waals surface area contributed by atoms with Crippen molar-refractivity contribution in [2.45, 2.75) is 71.9 Å². The van der Waals surface area contributed by atoms with Crippen LogP contribution in [0.3, 0.4) is 0 Å². The first-order valence-electron chi connectivity index (χ1n) is 8.30. The van der Waals surface area contributed by atoms with Crippen LogP contribution in [0.5, 0.6) is 0 Å². The highest BCUT2D eigenvalue weighted by atomic mass is 28.3. The highest BCUT2D eigenvalue weighted by Gasteiger charge is 2.30. The van der Waals surface area contributed by atoms with Crippen LogP contribution in [-0.4, -0.2) is 47.0 Å². The van der Waals surface area contributed by atoms with Gasteiger partial charge >= 0.3 is 18.6 Å². The van der Waals surface area contributed by atoms with Crippen LogP contribution >= 0.6 is 0 Å². The number of rotatable bonds is 9. The third-order valence-corrected chi connectivity index (χ3v) is 9.12. The van der Waals surface area contributed by atoms with Crippen molar-refractivity contribution in [3.63, 3.8) is 0 Å². The lowest BCUT2D eigenvalue weighted by Gasteiger charge is -2.30. The second-order valence-electron chi connectivity index (χ2n) is 6.95. The Morgan fingerprint density at radius 3 is 1.45 bits per heavy atom. The molecule has 2 atom stereocenters. The van der Waals surface area contributed by atoms with Crippen molar-refractivity contribution in [3.05, 3.63) is 0 Å². The smallest absolute Gasteiger partial charge is 0.324 e. The molecule has 0 aliphatic heterocycles. The molecule has 0 saturated carbocycles. The molecule has 22 heavy (non-hydrogen) atoms. The van der Waals surface area contributed by atoms with E-state index in [-0.39, 0.29) is 0 Å². The molecule has 0 rings (SSSR count). The van der Waals surface area contributed by atoms with Gasteiger partial charge in [0.2, 0.25) is 0 Å². The fraction of sp³-hybridized carbons (Fsp3) is 1.00. The highest BCUT2D eigenvalue weighted by molar-refractivity contribution is 6.46. The van der Waals surface area contributed by atoms with Crippen LogP contribution in [0.25, 0.3) is 0 Å². The topological polar surface area (TPSA) is 36.9 Å². The van der Waals surface area contributed by atoms with Gasteiger partial charge in [0.15, 0.2) is 0 Å². The zero-order valence-corrected chi connectivity index (χ0v) is 18.9. The highest BCUT2D eigenvalue weighted by Crippen LogP contribution is 2.33. The Bertz CT molecular complexity index is 239. The summed E-state index contributed by atoms with van der Waals surface area (Å²) in [5, 5.41) is 0. The predicted molar refractivity (Wildman–Crippen MR) is 100 cm³/mol. The van der Waals surface area contributed by atoms with Gasteiger partial charge in [-0.15, -0.1) is 0 Å². The SMILES string of the molecule is CCCCC(C)[SiH](OC)OC.CO[SiH](OC)C(C)C(C)(C)C. The molecule has 136 valence electrons. The summed E-state index contributed by atoms with van der Waals surface area (Å²) in [7, 11) is 4.25. The van der Waals surface area contributed by atoms with Crippen LogP contribution in [0, 0.1) is 5.41 Å². The third kappa shape index (κ3) is 10.9. The quantitative estimate of drug-likeness (QED) is 0.587. The van der Waals surface area contributed by atoms with E-state index in [0.717, 1.165) is 0 Å². The van der Waals surface area contributed by atoms with Crippen molar-refractivity contribution in [2.75, 3.05) is 28.4 Å². The summed E-state index contributed by atoms with van der Waals surface area (Å²) in [6.45, 7) is 13.3. The molecule has 0 heterocycles. The minimum absolute atomic E-state index is 0.295. The van der Waals surface area contributed by atoms with E-state index in [0.29, 0.717) is 16.5 Å². The molecule has 4 nitrogen and oxygen atoms in total. The van der Waals surface area contributed by atoms with Gasteiger partial charge in [0.05, 0.1) is 0 Å². The second kappa shape index (κ2) is 13.7. The van der Waals surface area contributed by atoms with Gasteiger partial charge in [-0.25, -0.2) is 0 Å². The number of unbranched alkanes of at least 4 members (excludes halogenated alkanes) is 1. The van der Waals surface area contributed by atoms with Crippen LogP contribution in [0.15, 0.2) is 0 Å². The molecule has 0 radical (unpaired) electrons. The van der Waals surface area contributed by atoms with Crippen molar-refractivity contribution in [1.29, 1.82) is 0 Å². The largest absolute Gasteiger partial charge is 0.400 e. The Balaban J connectivity index is 0. The molecular formula is C16H40O4Si2. The van der Waals surface area contributed by atoms with Gasteiger partial charge in [-0.2, -0.15) is 0 Å². The molecular weight excluding hydrogens is 312 g/mol. The van der Waals surface area contributed by atoms with Gasteiger partial charge in [-0.1, -0.05) is 54.4 Å². The van der Waals surface area contributed by atoms with Gasteiger partial charge in [0.25, 0.3) is 0 Å². The number of hydrogen-bond donors (Lipinski definition) is 0. The Labute approximate surface area is 142 Å². The standard InChI is InChI=1S/2C8H20O2Si/c1-7(8(2,3)4)11(9-5)10-6;1-5-6-7-8(2)11(9-3)10-4/h7,11H,1-6H3;8,11H,5-7H2,1-4H3. The maximum atomic E-state index is 5.30. The van der Waals surface area contributed by atoms with Crippen LogP contribution < -0.4 is 0 Å². The summed E-state index contributed by atoms with van der Waals surface area (Å²) in [5.41, 5.74) is 1.48. The van der Waals surface area contributed by atoms with E-state index in [9.17, 15) is 0 Å². The van der Waals surface area contributed by atoms with Crippen molar-refractivity contribution >= 4 is 18.6 Å². The summed E-state index contributed by atoms with van der Waals surface area (Å²) >= 11 is 0. The molecule has 0 aromatic carbocycles. The van der Waals surface area contributed by atoms with E-state index in [1.807, 2.05) is 0 Å². The first kappa shape index (κ1) is 24.5. The van der Waals surface area contributed by atoms with Crippen LogP contribution in [0.1, 0.15) is 60.8 Å². The monoisotopic (exact) mass is 352 g/mol. The molecule has 6 heteroatoms. The first-order chi connectivity index (χ1) is 10.2. The van der Waals surface area contributed by atoms with E-state index in [1.54, 1.807) is 28.4 Å². The lowest BCUT2D eigenvalue weighted by Crippen LogP contribution is -2.32. The third-order valence-electron chi connectivity index (χ3n) is 4.18. The Morgan fingerprint density at radius 1 is 0.818 bits per heavy atom. The van der Waals surface area contributed by atoms with Gasteiger partial charge in [-0.05, 0) is 17.4 Å². The van der Waals surface area contributed by atoms with Gasteiger partial charge in [-0.3, -0.25) is 0 Å². The average molecular weight is 353 g/mol. The van der Waals surface area contributed by atoms with E-state index in [1.165, 1.54) is 19.3 Å². The van der Waals surface area contributed by atoms with Crippen molar-refractivity contribution in [2.24, 2.45) is 5.41 Å². The summed E-state index contributed by atoms with van der Waals surface area (Å²) in [5.74, 6) is 0. The van der Waals surface area contributed by atoms with Crippen LogP contribution in [0.4, 0.5) is 0 Å². The summed E-state index contributed by atoms with van der Waals surface area (Å²) in [4.78, 5) is 0. The maximum absolute atomic E-state index is 5.30. The minimum atomic E-state index is -1.41. The zero-order valence-electron chi connectivity index (χ0n) is 16.6. The molecule has 0 aliphatic carbocycles. The van der Waals surface area contributed by atoms with Gasteiger partial charge < -0.3 is 17.7 Å². The molecule has 0 spiro atoms. The van der Waals surface area contributed by atoms with Crippen LogP contribution in [0.2, 0.25) is 11.1 Å². The second-order valence-corrected chi connectivity index (χ2v) is 12.5. The molecule has 0 aliphatic rings. The Kier molecular flexibility index (Phi) is 15.3. The molecule has 0 bridgehead atoms. The molecule has 2 unspecified atom stereocenters. The van der Waals surface area contributed by atoms with E-state index < -0.39 is 18.6 Å². The van der Waals surface area contributed by atoms with Crippen molar-refractivity contribution in [1.82, 2.24) is 0 Å². The number of hydrogen-bond acceptors (Lipinski definition) is 4. The molecule has 0 saturated heterocycles. The Hall–Kier alpha value is 0.274. The van der Waals surface area contributed by atoms with Gasteiger partial charge in [0, 0.05) is 34.0 Å². The molecule has 0 aromatic heterocycles. The fourth-order valence-electron chi connectivity index (χ4n) is 2.14. The lowest BCUT2D eigenvalue weighted by molar-refractivity contribution is 0.234. The normalized spacial score (nSPS) is 14.7.